The molecular formula is C21H22ClN5. The molecule has 1 aliphatic carbocycles. The van der Waals surface area contributed by atoms with Crippen molar-refractivity contribution in [2.75, 3.05) is 10.6 Å². The number of pyridine rings is 1. The molecule has 3 aromatic rings. The van der Waals surface area contributed by atoms with Gasteiger partial charge in [-0.15, -0.1) is 0 Å². The molecule has 2 aromatic heterocycles. The van der Waals surface area contributed by atoms with Crippen LogP contribution in [0.15, 0.2) is 54.7 Å². The van der Waals surface area contributed by atoms with Crippen LogP contribution in [-0.4, -0.2) is 21.0 Å². The summed E-state index contributed by atoms with van der Waals surface area (Å²) < 4.78 is 0. The summed E-state index contributed by atoms with van der Waals surface area (Å²) >= 11 is 6.08. The van der Waals surface area contributed by atoms with Crippen LogP contribution in [0, 0.1) is 0 Å². The predicted molar refractivity (Wildman–Crippen MR) is 110 cm³/mol. The van der Waals surface area contributed by atoms with Crippen LogP contribution in [0.25, 0.3) is 11.4 Å². The summed E-state index contributed by atoms with van der Waals surface area (Å²) in [5.74, 6) is 1.42. The zero-order valence-corrected chi connectivity index (χ0v) is 15.8. The highest BCUT2D eigenvalue weighted by molar-refractivity contribution is 6.30. The molecule has 0 saturated heterocycles. The van der Waals surface area contributed by atoms with Crippen molar-refractivity contribution in [2.24, 2.45) is 0 Å². The third kappa shape index (κ3) is 4.74. The number of nitrogens with zero attached hydrogens (tertiary/aromatic N) is 3. The average Bonchev–Trinajstić information content (AvgIpc) is 3.20. The summed E-state index contributed by atoms with van der Waals surface area (Å²) in [6.45, 7) is 0.641. The van der Waals surface area contributed by atoms with Crippen molar-refractivity contribution >= 4 is 23.4 Å². The van der Waals surface area contributed by atoms with Gasteiger partial charge in [-0.25, -0.2) is 4.98 Å². The van der Waals surface area contributed by atoms with Gasteiger partial charge in [0.2, 0.25) is 5.95 Å². The van der Waals surface area contributed by atoms with E-state index in [-0.39, 0.29) is 0 Å². The van der Waals surface area contributed by atoms with Crippen molar-refractivity contribution in [3.8, 4) is 11.4 Å². The molecule has 138 valence electrons. The first-order valence-electron chi connectivity index (χ1n) is 9.31. The summed E-state index contributed by atoms with van der Waals surface area (Å²) in [6.07, 6.45) is 6.64. The Balaban J connectivity index is 1.58. The van der Waals surface area contributed by atoms with E-state index >= 15 is 0 Å². The maximum absolute atomic E-state index is 6.08. The molecule has 0 radical (unpaired) electrons. The van der Waals surface area contributed by atoms with Crippen LogP contribution in [0.1, 0.15) is 31.2 Å². The Bertz CT molecular complexity index is 894. The second-order valence-corrected chi connectivity index (χ2v) is 7.22. The summed E-state index contributed by atoms with van der Waals surface area (Å²) in [7, 11) is 0. The molecule has 0 amide bonds. The Kier molecular flexibility index (Phi) is 5.49. The van der Waals surface area contributed by atoms with E-state index in [1.165, 1.54) is 25.7 Å². The molecule has 0 aliphatic heterocycles. The lowest BCUT2D eigenvalue weighted by molar-refractivity contribution is 0.744. The van der Waals surface area contributed by atoms with Crippen LogP contribution < -0.4 is 10.6 Å². The number of nitrogens with one attached hydrogen (secondary N) is 2. The highest BCUT2D eigenvalue weighted by Gasteiger charge is 2.17. The normalized spacial score (nSPS) is 14.3. The standard InChI is InChI=1S/C21H22ClN5/c22-16-7-5-6-15(12-16)14-24-20-13-19(18-10-3-4-11-23-18)26-21(27-20)25-17-8-1-2-9-17/h3-7,10-13,17H,1-2,8-9,14H2,(H2,24,25,26,27). The second kappa shape index (κ2) is 8.35. The van der Waals surface area contributed by atoms with Gasteiger partial charge in [-0.2, -0.15) is 4.98 Å². The van der Waals surface area contributed by atoms with Gasteiger partial charge in [-0.05, 0) is 42.7 Å². The smallest absolute Gasteiger partial charge is 0.225 e. The van der Waals surface area contributed by atoms with Crippen LogP contribution in [0.5, 0.6) is 0 Å². The van der Waals surface area contributed by atoms with Crippen molar-refractivity contribution in [2.45, 2.75) is 38.3 Å². The number of hydrogen-bond acceptors (Lipinski definition) is 5. The van der Waals surface area contributed by atoms with Gasteiger partial charge in [-0.1, -0.05) is 42.6 Å². The Morgan fingerprint density at radius 1 is 0.963 bits per heavy atom. The van der Waals surface area contributed by atoms with E-state index in [0.717, 1.165) is 27.8 Å². The molecule has 1 saturated carbocycles. The molecule has 0 atom stereocenters. The quantitative estimate of drug-likeness (QED) is 0.619. The lowest BCUT2D eigenvalue weighted by Crippen LogP contribution is -2.17. The third-order valence-electron chi connectivity index (χ3n) is 4.70. The molecule has 1 aromatic carbocycles. The molecule has 1 fully saturated rings. The van der Waals surface area contributed by atoms with E-state index in [9.17, 15) is 0 Å². The highest BCUT2D eigenvalue weighted by Crippen LogP contribution is 2.24. The van der Waals surface area contributed by atoms with Crippen LogP contribution in [-0.2, 0) is 6.54 Å². The lowest BCUT2D eigenvalue weighted by Gasteiger charge is -2.15. The van der Waals surface area contributed by atoms with E-state index in [0.29, 0.717) is 18.5 Å². The monoisotopic (exact) mass is 379 g/mol. The van der Waals surface area contributed by atoms with Crippen LogP contribution in [0.2, 0.25) is 5.02 Å². The van der Waals surface area contributed by atoms with Crippen molar-refractivity contribution in [1.82, 2.24) is 15.0 Å². The van der Waals surface area contributed by atoms with Crippen LogP contribution in [0.3, 0.4) is 0 Å². The molecule has 5 nitrogen and oxygen atoms in total. The Morgan fingerprint density at radius 3 is 2.63 bits per heavy atom. The maximum atomic E-state index is 6.08. The minimum absolute atomic E-state index is 0.449. The molecular weight excluding hydrogens is 358 g/mol. The average molecular weight is 380 g/mol. The van der Waals surface area contributed by atoms with Crippen LogP contribution in [0.4, 0.5) is 11.8 Å². The van der Waals surface area contributed by atoms with Crippen LogP contribution >= 0.6 is 11.6 Å². The summed E-state index contributed by atoms with van der Waals surface area (Å²) in [4.78, 5) is 13.8. The molecule has 27 heavy (non-hydrogen) atoms. The Hall–Kier alpha value is -2.66. The van der Waals surface area contributed by atoms with Gasteiger partial charge in [0, 0.05) is 29.9 Å². The molecule has 0 unspecified atom stereocenters. The lowest BCUT2D eigenvalue weighted by atomic mass is 10.2. The first-order chi connectivity index (χ1) is 13.3. The predicted octanol–water partition coefficient (Wildman–Crippen LogP) is 5.16. The number of hydrogen-bond donors (Lipinski definition) is 2. The SMILES string of the molecule is Clc1cccc(CNc2cc(-c3ccccn3)nc(NC3CCCC3)n2)c1. The molecule has 0 bridgehead atoms. The number of benzene rings is 1. The number of aromatic nitrogens is 3. The maximum Gasteiger partial charge on any atom is 0.225 e. The molecule has 0 spiro atoms. The zero-order valence-electron chi connectivity index (χ0n) is 15.0. The van der Waals surface area contributed by atoms with Gasteiger partial charge < -0.3 is 10.6 Å². The third-order valence-corrected chi connectivity index (χ3v) is 4.94. The molecule has 4 rings (SSSR count). The number of anilines is 2. The first-order valence-corrected chi connectivity index (χ1v) is 9.69. The number of rotatable bonds is 6. The van der Waals surface area contributed by atoms with Crippen molar-refractivity contribution in [3.05, 3.63) is 65.3 Å². The van der Waals surface area contributed by atoms with Crippen molar-refractivity contribution in [3.63, 3.8) is 0 Å². The van der Waals surface area contributed by atoms with E-state index in [1.54, 1.807) is 6.20 Å². The summed E-state index contributed by atoms with van der Waals surface area (Å²) in [6, 6.07) is 16.0. The fourth-order valence-corrected chi connectivity index (χ4v) is 3.55. The minimum atomic E-state index is 0.449. The van der Waals surface area contributed by atoms with Gasteiger partial charge in [0.15, 0.2) is 0 Å². The Morgan fingerprint density at radius 2 is 1.85 bits per heavy atom. The molecule has 1 aliphatic rings. The first kappa shape index (κ1) is 17.7. The van der Waals surface area contributed by atoms with E-state index in [1.807, 2.05) is 48.5 Å². The Labute approximate surface area is 164 Å². The second-order valence-electron chi connectivity index (χ2n) is 6.79. The molecule has 6 heteroatoms. The molecule has 2 heterocycles. The fourth-order valence-electron chi connectivity index (χ4n) is 3.34. The topological polar surface area (TPSA) is 62.7 Å². The minimum Gasteiger partial charge on any atom is -0.366 e. The van der Waals surface area contributed by atoms with Gasteiger partial charge in [0.25, 0.3) is 0 Å². The highest BCUT2D eigenvalue weighted by atomic mass is 35.5. The molecule has 2 N–H and O–H groups in total. The van der Waals surface area contributed by atoms with Gasteiger partial charge in [0.05, 0.1) is 11.4 Å². The van der Waals surface area contributed by atoms with E-state index in [2.05, 4.69) is 20.6 Å². The van der Waals surface area contributed by atoms with Gasteiger partial charge in [-0.3, -0.25) is 4.98 Å². The van der Waals surface area contributed by atoms with Gasteiger partial charge in [0.1, 0.15) is 5.82 Å². The van der Waals surface area contributed by atoms with Gasteiger partial charge >= 0.3 is 0 Å². The summed E-state index contributed by atoms with van der Waals surface area (Å²) in [5.41, 5.74) is 2.74. The fraction of sp³-hybridized carbons (Fsp3) is 0.286. The number of halogens is 1. The summed E-state index contributed by atoms with van der Waals surface area (Å²) in [5, 5.41) is 7.60. The zero-order chi connectivity index (χ0) is 18.5. The van der Waals surface area contributed by atoms with E-state index in [4.69, 9.17) is 16.6 Å². The van der Waals surface area contributed by atoms with E-state index < -0.39 is 0 Å². The van der Waals surface area contributed by atoms with Crippen molar-refractivity contribution in [1.29, 1.82) is 0 Å². The largest absolute Gasteiger partial charge is 0.366 e. The van der Waals surface area contributed by atoms with Crippen molar-refractivity contribution < 1.29 is 0 Å².